The van der Waals surface area contributed by atoms with Gasteiger partial charge in [0.05, 0.1) is 11.1 Å². The average Bonchev–Trinajstić information content (AvgIpc) is 2.37. The van der Waals surface area contributed by atoms with E-state index in [0.717, 1.165) is 0 Å². The van der Waals surface area contributed by atoms with Gasteiger partial charge in [-0.15, -0.1) is 0 Å². The van der Waals surface area contributed by atoms with Crippen LogP contribution in [-0.2, 0) is 4.79 Å². The van der Waals surface area contributed by atoms with E-state index < -0.39 is 23.8 Å². The van der Waals surface area contributed by atoms with Gasteiger partial charge in [-0.1, -0.05) is 26.0 Å². The molecule has 6 heteroatoms. The highest BCUT2D eigenvalue weighted by Gasteiger charge is 2.22. The Labute approximate surface area is 117 Å². The highest BCUT2D eigenvalue weighted by molar-refractivity contribution is 6.05. The Bertz CT molecular complexity index is 526. The number of nitrogens with two attached hydrogens (primary N) is 1. The Kier molecular flexibility index (Phi) is 5.25. The number of carboxylic acids is 1. The van der Waals surface area contributed by atoms with E-state index in [1.807, 2.05) is 13.8 Å². The zero-order valence-corrected chi connectivity index (χ0v) is 11.4. The van der Waals surface area contributed by atoms with Gasteiger partial charge in [-0.25, -0.2) is 4.79 Å². The highest BCUT2D eigenvalue weighted by Crippen LogP contribution is 2.11. The molecule has 4 N–H and O–H groups in total. The number of carbonyl (C=O) groups is 3. The fourth-order valence-corrected chi connectivity index (χ4v) is 1.82. The molecule has 1 aromatic carbocycles. The molecule has 0 radical (unpaired) electrons. The molecule has 0 aliphatic carbocycles. The van der Waals surface area contributed by atoms with Crippen molar-refractivity contribution >= 4 is 17.8 Å². The number of hydrogen-bond acceptors (Lipinski definition) is 3. The third-order valence-corrected chi connectivity index (χ3v) is 2.76. The van der Waals surface area contributed by atoms with E-state index in [9.17, 15) is 14.4 Å². The number of aromatic carboxylic acids is 1. The van der Waals surface area contributed by atoms with Crippen molar-refractivity contribution in [2.45, 2.75) is 26.3 Å². The molecule has 0 saturated carbocycles. The van der Waals surface area contributed by atoms with Crippen molar-refractivity contribution in [2.75, 3.05) is 0 Å². The predicted molar refractivity (Wildman–Crippen MR) is 73.3 cm³/mol. The van der Waals surface area contributed by atoms with E-state index in [4.69, 9.17) is 10.8 Å². The second kappa shape index (κ2) is 6.70. The maximum atomic E-state index is 12.1. The first-order valence-electron chi connectivity index (χ1n) is 6.25. The molecule has 0 saturated heterocycles. The Balaban J connectivity index is 2.95. The third kappa shape index (κ3) is 4.08. The Morgan fingerprint density at radius 2 is 1.75 bits per heavy atom. The summed E-state index contributed by atoms with van der Waals surface area (Å²) >= 11 is 0. The summed E-state index contributed by atoms with van der Waals surface area (Å²) in [7, 11) is 0. The molecule has 108 valence electrons. The van der Waals surface area contributed by atoms with Crippen LogP contribution in [-0.4, -0.2) is 28.9 Å². The number of primary amides is 1. The molecule has 1 aromatic rings. The summed E-state index contributed by atoms with van der Waals surface area (Å²) < 4.78 is 0. The summed E-state index contributed by atoms with van der Waals surface area (Å²) in [5.41, 5.74) is 5.14. The first kappa shape index (κ1) is 15.7. The first-order chi connectivity index (χ1) is 9.32. The van der Waals surface area contributed by atoms with Crippen molar-refractivity contribution in [2.24, 2.45) is 11.7 Å². The van der Waals surface area contributed by atoms with Gasteiger partial charge in [0.15, 0.2) is 0 Å². The van der Waals surface area contributed by atoms with E-state index in [1.165, 1.54) is 18.2 Å². The van der Waals surface area contributed by atoms with Crippen LogP contribution in [0.1, 0.15) is 41.0 Å². The second-order valence-electron chi connectivity index (χ2n) is 4.91. The summed E-state index contributed by atoms with van der Waals surface area (Å²) in [4.78, 5) is 34.4. The number of benzene rings is 1. The lowest BCUT2D eigenvalue weighted by Gasteiger charge is -2.18. The quantitative estimate of drug-likeness (QED) is 0.721. The topological polar surface area (TPSA) is 109 Å². The van der Waals surface area contributed by atoms with Gasteiger partial charge >= 0.3 is 5.97 Å². The van der Waals surface area contributed by atoms with Crippen LogP contribution in [0.2, 0.25) is 0 Å². The van der Waals surface area contributed by atoms with Gasteiger partial charge in [-0.2, -0.15) is 0 Å². The molecule has 0 unspecified atom stereocenters. The summed E-state index contributed by atoms with van der Waals surface area (Å²) in [5.74, 6) is -2.29. The van der Waals surface area contributed by atoms with E-state index in [1.54, 1.807) is 6.07 Å². The highest BCUT2D eigenvalue weighted by atomic mass is 16.4. The standard InChI is InChI=1S/C14H18N2O4/c1-8(2)7-11(12(15)17)16-13(18)9-5-3-4-6-10(9)14(19)20/h3-6,8,11H,7H2,1-2H3,(H2,15,17)(H,16,18)(H,19,20)/t11-/m0/s1. The van der Waals surface area contributed by atoms with Crippen molar-refractivity contribution in [1.82, 2.24) is 5.32 Å². The molecule has 0 aromatic heterocycles. The van der Waals surface area contributed by atoms with Gasteiger partial charge in [0.25, 0.3) is 5.91 Å². The largest absolute Gasteiger partial charge is 0.478 e. The number of hydrogen-bond donors (Lipinski definition) is 3. The lowest BCUT2D eigenvalue weighted by molar-refractivity contribution is -0.120. The van der Waals surface area contributed by atoms with E-state index in [-0.39, 0.29) is 17.0 Å². The fourth-order valence-electron chi connectivity index (χ4n) is 1.82. The number of rotatable bonds is 6. The van der Waals surface area contributed by atoms with E-state index >= 15 is 0 Å². The van der Waals surface area contributed by atoms with Gasteiger partial charge in [-0.05, 0) is 24.5 Å². The van der Waals surface area contributed by atoms with Crippen LogP contribution in [0.4, 0.5) is 0 Å². The van der Waals surface area contributed by atoms with Crippen LogP contribution in [0, 0.1) is 5.92 Å². The normalized spacial score (nSPS) is 11.9. The molecule has 0 fully saturated rings. The Morgan fingerprint density at radius 3 is 2.20 bits per heavy atom. The number of carbonyl (C=O) groups excluding carboxylic acids is 2. The molecule has 0 aliphatic rings. The Morgan fingerprint density at radius 1 is 1.20 bits per heavy atom. The van der Waals surface area contributed by atoms with Crippen molar-refractivity contribution in [3.8, 4) is 0 Å². The SMILES string of the molecule is CC(C)C[C@H](NC(=O)c1ccccc1C(=O)O)C(N)=O. The molecule has 0 aliphatic heterocycles. The molecule has 1 atom stereocenters. The minimum Gasteiger partial charge on any atom is -0.478 e. The van der Waals surface area contributed by atoms with Gasteiger partial charge < -0.3 is 16.2 Å². The van der Waals surface area contributed by atoms with Gasteiger partial charge in [-0.3, -0.25) is 9.59 Å². The molecular weight excluding hydrogens is 260 g/mol. The van der Waals surface area contributed by atoms with Crippen LogP contribution in [0.15, 0.2) is 24.3 Å². The molecule has 0 heterocycles. The van der Waals surface area contributed by atoms with Crippen LogP contribution >= 0.6 is 0 Å². The summed E-state index contributed by atoms with van der Waals surface area (Å²) in [6.07, 6.45) is 0.399. The number of amides is 2. The minimum absolute atomic E-state index is 0.00926. The van der Waals surface area contributed by atoms with Crippen LogP contribution in [0.3, 0.4) is 0 Å². The second-order valence-corrected chi connectivity index (χ2v) is 4.91. The lowest BCUT2D eigenvalue weighted by atomic mass is 10.0. The molecule has 6 nitrogen and oxygen atoms in total. The smallest absolute Gasteiger partial charge is 0.336 e. The van der Waals surface area contributed by atoms with E-state index in [2.05, 4.69) is 5.32 Å². The minimum atomic E-state index is -1.20. The average molecular weight is 278 g/mol. The van der Waals surface area contributed by atoms with Crippen molar-refractivity contribution in [3.63, 3.8) is 0 Å². The predicted octanol–water partition coefficient (Wildman–Crippen LogP) is 1.01. The molecule has 20 heavy (non-hydrogen) atoms. The van der Waals surface area contributed by atoms with E-state index in [0.29, 0.717) is 6.42 Å². The number of nitrogens with one attached hydrogen (secondary N) is 1. The summed E-state index contributed by atoms with van der Waals surface area (Å²) in [6, 6.07) is 5.00. The molecule has 0 bridgehead atoms. The summed E-state index contributed by atoms with van der Waals surface area (Å²) in [5, 5.41) is 11.5. The molecular formula is C14H18N2O4. The Hall–Kier alpha value is -2.37. The van der Waals surface area contributed by atoms with Gasteiger partial charge in [0.2, 0.25) is 5.91 Å². The summed E-state index contributed by atoms with van der Waals surface area (Å²) in [6.45, 7) is 3.79. The molecule has 2 amide bonds. The van der Waals surface area contributed by atoms with Crippen LogP contribution in [0.5, 0.6) is 0 Å². The van der Waals surface area contributed by atoms with Crippen molar-refractivity contribution in [1.29, 1.82) is 0 Å². The monoisotopic (exact) mass is 278 g/mol. The maximum Gasteiger partial charge on any atom is 0.336 e. The van der Waals surface area contributed by atoms with Crippen LogP contribution in [0.25, 0.3) is 0 Å². The molecule has 1 rings (SSSR count). The third-order valence-electron chi connectivity index (χ3n) is 2.76. The van der Waals surface area contributed by atoms with Crippen LogP contribution < -0.4 is 11.1 Å². The molecule has 0 spiro atoms. The van der Waals surface area contributed by atoms with Gasteiger partial charge in [0.1, 0.15) is 6.04 Å². The van der Waals surface area contributed by atoms with Crippen molar-refractivity contribution < 1.29 is 19.5 Å². The zero-order chi connectivity index (χ0) is 15.3. The number of carboxylic acid groups (broad SMARTS) is 1. The lowest BCUT2D eigenvalue weighted by Crippen LogP contribution is -2.45. The zero-order valence-electron chi connectivity index (χ0n) is 11.4. The van der Waals surface area contributed by atoms with Gasteiger partial charge in [0, 0.05) is 0 Å². The first-order valence-corrected chi connectivity index (χ1v) is 6.25. The fraction of sp³-hybridized carbons (Fsp3) is 0.357. The van der Waals surface area contributed by atoms with Crippen molar-refractivity contribution in [3.05, 3.63) is 35.4 Å². The maximum absolute atomic E-state index is 12.1.